The van der Waals surface area contributed by atoms with Crippen LogP contribution in [0.1, 0.15) is 85.5 Å². The number of aliphatic carboxylic acids is 1. The van der Waals surface area contributed by atoms with Gasteiger partial charge in [0.05, 0.1) is 18.3 Å². The summed E-state index contributed by atoms with van der Waals surface area (Å²) < 4.78 is 0. The summed E-state index contributed by atoms with van der Waals surface area (Å²) >= 11 is 0. The average molecular weight is 437 g/mol. The molecule has 4 aliphatic carbocycles. The van der Waals surface area contributed by atoms with E-state index in [9.17, 15) is 20.1 Å². The third-order valence-corrected chi connectivity index (χ3v) is 10.9. The van der Waals surface area contributed by atoms with Crippen LogP contribution in [0.15, 0.2) is 0 Å². The maximum absolute atomic E-state index is 11.7. The molecule has 0 bridgehead atoms. The molecule has 2 unspecified atom stereocenters. The van der Waals surface area contributed by atoms with Gasteiger partial charge in [-0.15, -0.1) is 0 Å². The van der Waals surface area contributed by atoms with Crippen molar-refractivity contribution in [3.05, 3.63) is 0 Å². The Bertz CT molecular complexity index is 681. The number of hydrogen-bond acceptors (Lipinski definition) is 4. The number of fused-ring (bicyclic) bond motifs is 5. The van der Waals surface area contributed by atoms with Crippen LogP contribution < -0.4 is 0 Å². The third-order valence-electron chi connectivity index (χ3n) is 10.9. The molecule has 4 aliphatic rings. The number of aliphatic hydroxyl groups is 3. The molecule has 0 saturated heterocycles. The number of rotatable bonds is 5. The van der Waals surface area contributed by atoms with Crippen LogP contribution in [-0.4, -0.2) is 44.7 Å². The number of hydrogen-bond donors (Lipinski definition) is 4. The standard InChI is InChI=1S/C26H44O5/c1-5-16-19-12-15(27)10-11-25(19,3)23-20(28)13-26(4)17(14(2)6-9-21(29)30)7-8-18(26)22(23)24(16)31/h14-20,22-24,27-28,31H,5-13H2,1-4H3,(H,29,30)/t14-,15-,16-,17-,18?,19+,20+,22+,23?,24-,25+,26-/m1/s1. The fourth-order valence-electron chi connectivity index (χ4n) is 9.60. The highest BCUT2D eigenvalue weighted by atomic mass is 16.4. The van der Waals surface area contributed by atoms with Gasteiger partial charge in [-0.1, -0.05) is 34.1 Å². The van der Waals surface area contributed by atoms with Crippen LogP contribution in [0.2, 0.25) is 0 Å². The number of carboxylic acids is 1. The highest BCUT2D eigenvalue weighted by Crippen LogP contribution is 2.69. The van der Waals surface area contributed by atoms with Crippen molar-refractivity contribution in [2.75, 3.05) is 0 Å². The van der Waals surface area contributed by atoms with Crippen LogP contribution in [0.5, 0.6) is 0 Å². The summed E-state index contributed by atoms with van der Waals surface area (Å²) in [7, 11) is 0. The first kappa shape index (κ1) is 23.5. The van der Waals surface area contributed by atoms with Gasteiger partial charge in [-0.25, -0.2) is 0 Å². The molecule has 0 aromatic carbocycles. The van der Waals surface area contributed by atoms with E-state index < -0.39 is 18.2 Å². The summed E-state index contributed by atoms with van der Waals surface area (Å²) in [6.45, 7) is 9.01. The SMILES string of the molecule is CC[C@H]1[C@@H](O)[C@H]2C3CC[C@H]([C@H](C)CCC(=O)O)[C@@]3(C)C[C@H](O)C2[C@@]2(C)CC[C@@H](O)C[C@@H]12. The van der Waals surface area contributed by atoms with Crippen molar-refractivity contribution in [1.82, 2.24) is 0 Å². The molecule has 4 saturated carbocycles. The molecule has 4 N–H and O–H groups in total. The lowest BCUT2D eigenvalue weighted by atomic mass is 9.40. The Morgan fingerprint density at radius 3 is 2.42 bits per heavy atom. The van der Waals surface area contributed by atoms with Crippen molar-refractivity contribution >= 4 is 5.97 Å². The predicted molar refractivity (Wildman–Crippen MR) is 119 cm³/mol. The zero-order valence-corrected chi connectivity index (χ0v) is 19.8. The topological polar surface area (TPSA) is 98.0 Å². The van der Waals surface area contributed by atoms with E-state index in [0.29, 0.717) is 24.2 Å². The van der Waals surface area contributed by atoms with Crippen molar-refractivity contribution in [3.8, 4) is 0 Å². The van der Waals surface area contributed by atoms with Crippen LogP contribution in [0.3, 0.4) is 0 Å². The predicted octanol–water partition coefficient (Wildman–Crippen LogP) is 4.08. The minimum absolute atomic E-state index is 0.0302. The lowest BCUT2D eigenvalue weighted by Gasteiger charge is -2.66. The van der Waals surface area contributed by atoms with Crippen LogP contribution in [0.4, 0.5) is 0 Å². The highest BCUT2D eigenvalue weighted by molar-refractivity contribution is 5.66. The fraction of sp³-hybridized carbons (Fsp3) is 0.962. The van der Waals surface area contributed by atoms with Crippen molar-refractivity contribution < 1.29 is 25.2 Å². The van der Waals surface area contributed by atoms with E-state index >= 15 is 0 Å². The molecule has 0 radical (unpaired) electrons. The van der Waals surface area contributed by atoms with Crippen molar-refractivity contribution in [2.24, 2.45) is 52.3 Å². The van der Waals surface area contributed by atoms with Crippen molar-refractivity contribution in [3.63, 3.8) is 0 Å². The van der Waals surface area contributed by atoms with Crippen LogP contribution in [0, 0.1) is 52.3 Å². The highest BCUT2D eigenvalue weighted by Gasteiger charge is 2.67. The first-order valence-electron chi connectivity index (χ1n) is 12.8. The van der Waals surface area contributed by atoms with Gasteiger partial charge in [-0.3, -0.25) is 4.79 Å². The quantitative estimate of drug-likeness (QED) is 0.520. The zero-order valence-electron chi connectivity index (χ0n) is 19.8. The molecule has 0 spiro atoms. The van der Waals surface area contributed by atoms with Gasteiger partial charge >= 0.3 is 5.97 Å². The molecule has 31 heavy (non-hydrogen) atoms. The second-order valence-corrected chi connectivity index (χ2v) is 12.2. The van der Waals surface area contributed by atoms with E-state index in [2.05, 4.69) is 27.7 Å². The van der Waals surface area contributed by atoms with Gasteiger partial charge < -0.3 is 20.4 Å². The molecule has 178 valence electrons. The molecule has 4 rings (SSSR count). The first-order valence-corrected chi connectivity index (χ1v) is 12.8. The first-order chi connectivity index (χ1) is 14.5. The van der Waals surface area contributed by atoms with Crippen molar-refractivity contribution in [1.29, 1.82) is 0 Å². The molecule has 0 aliphatic heterocycles. The normalized spacial score (nSPS) is 52.7. The maximum atomic E-state index is 11.7. The summed E-state index contributed by atoms with van der Waals surface area (Å²) in [5.41, 5.74) is -0.0767. The Kier molecular flexibility index (Phi) is 6.28. The molecule has 5 heteroatoms. The van der Waals surface area contributed by atoms with Gasteiger partial charge in [-0.2, -0.15) is 0 Å². The summed E-state index contributed by atoms with van der Waals surface area (Å²) in [5, 5.41) is 42.9. The minimum Gasteiger partial charge on any atom is -0.481 e. The average Bonchev–Trinajstić information content (AvgIpc) is 3.04. The lowest BCUT2D eigenvalue weighted by molar-refractivity contribution is -0.235. The van der Waals surface area contributed by atoms with Gasteiger partial charge in [0.1, 0.15) is 0 Å². The lowest BCUT2D eigenvalue weighted by Crippen LogP contribution is -2.65. The van der Waals surface area contributed by atoms with Gasteiger partial charge in [0.15, 0.2) is 0 Å². The van der Waals surface area contributed by atoms with Gasteiger partial charge in [0, 0.05) is 6.42 Å². The van der Waals surface area contributed by atoms with Crippen LogP contribution >= 0.6 is 0 Å². The van der Waals surface area contributed by atoms with E-state index in [1.54, 1.807) is 0 Å². The summed E-state index contributed by atoms with van der Waals surface area (Å²) in [5.74, 6) is 1.00. The molecule has 0 aromatic heterocycles. The molecule has 12 atom stereocenters. The van der Waals surface area contributed by atoms with Gasteiger partial charge in [0.2, 0.25) is 0 Å². The Balaban J connectivity index is 1.66. The monoisotopic (exact) mass is 436 g/mol. The van der Waals surface area contributed by atoms with Gasteiger partial charge in [-0.05, 0) is 97.2 Å². The molecular formula is C26H44O5. The smallest absolute Gasteiger partial charge is 0.303 e. The third kappa shape index (κ3) is 3.58. The van der Waals surface area contributed by atoms with E-state index in [0.717, 1.165) is 44.9 Å². The Morgan fingerprint density at radius 1 is 1.06 bits per heavy atom. The van der Waals surface area contributed by atoms with Crippen LogP contribution in [-0.2, 0) is 4.79 Å². The second-order valence-electron chi connectivity index (χ2n) is 12.2. The minimum atomic E-state index is -0.734. The van der Waals surface area contributed by atoms with Gasteiger partial charge in [0.25, 0.3) is 0 Å². The Morgan fingerprint density at radius 2 is 1.77 bits per heavy atom. The number of carboxylic acid groups (broad SMARTS) is 1. The Labute approximate surface area is 187 Å². The van der Waals surface area contributed by atoms with E-state index in [4.69, 9.17) is 5.11 Å². The maximum Gasteiger partial charge on any atom is 0.303 e. The second kappa shape index (κ2) is 8.29. The van der Waals surface area contributed by atoms with E-state index in [-0.39, 0.29) is 47.0 Å². The molecule has 5 nitrogen and oxygen atoms in total. The molecule has 4 fully saturated rings. The molecule has 0 aromatic rings. The van der Waals surface area contributed by atoms with E-state index in [1.165, 1.54) is 0 Å². The number of aliphatic hydroxyl groups excluding tert-OH is 3. The summed E-state index contributed by atoms with van der Waals surface area (Å²) in [6.07, 6.45) is 6.04. The fourth-order valence-corrected chi connectivity index (χ4v) is 9.60. The summed E-state index contributed by atoms with van der Waals surface area (Å²) in [6, 6.07) is 0. The zero-order chi connectivity index (χ0) is 22.7. The van der Waals surface area contributed by atoms with Crippen molar-refractivity contribution in [2.45, 2.75) is 104 Å². The Hall–Kier alpha value is -0.650. The van der Waals surface area contributed by atoms with Crippen LogP contribution in [0.25, 0.3) is 0 Å². The molecular weight excluding hydrogens is 392 g/mol. The van der Waals surface area contributed by atoms with E-state index in [1.807, 2.05) is 0 Å². The molecule has 0 heterocycles. The summed E-state index contributed by atoms with van der Waals surface area (Å²) in [4.78, 5) is 11.1. The molecule has 0 amide bonds. The number of carbonyl (C=O) groups is 1. The largest absolute Gasteiger partial charge is 0.481 e.